The molecule has 41 heavy (non-hydrogen) atoms. The lowest BCUT2D eigenvalue weighted by Gasteiger charge is -2.41. The van der Waals surface area contributed by atoms with E-state index in [0.29, 0.717) is 47.9 Å². The summed E-state index contributed by atoms with van der Waals surface area (Å²) in [6.45, 7) is 7.18. The van der Waals surface area contributed by atoms with Crippen LogP contribution in [0.3, 0.4) is 0 Å². The number of fused-ring (bicyclic) bond motifs is 1. The number of nitrogens with two attached hydrogens (primary N) is 1. The highest BCUT2D eigenvalue weighted by Gasteiger charge is 2.36. The van der Waals surface area contributed by atoms with Crippen LogP contribution in [0.25, 0.3) is 16.9 Å². The van der Waals surface area contributed by atoms with Crippen molar-refractivity contribution in [3.63, 3.8) is 0 Å². The van der Waals surface area contributed by atoms with E-state index < -0.39 is 5.54 Å². The predicted molar refractivity (Wildman–Crippen MR) is 156 cm³/mol. The van der Waals surface area contributed by atoms with Gasteiger partial charge in [-0.05, 0) is 69.3 Å². The molecular weight excluding hydrogens is 520 g/mol. The lowest BCUT2D eigenvalue weighted by molar-refractivity contribution is -0.134. The van der Waals surface area contributed by atoms with Gasteiger partial charge in [0.1, 0.15) is 35.0 Å². The Morgan fingerprint density at radius 3 is 2.51 bits per heavy atom. The molecule has 1 fully saturated rings. The van der Waals surface area contributed by atoms with Crippen LogP contribution in [-0.2, 0) is 11.3 Å². The molecular formula is C30H32N8O3. The van der Waals surface area contributed by atoms with E-state index in [1.54, 1.807) is 35.2 Å². The van der Waals surface area contributed by atoms with Crippen LogP contribution in [0, 0.1) is 11.3 Å². The summed E-state index contributed by atoms with van der Waals surface area (Å²) in [5.74, 6) is 1.13. The molecule has 1 atom stereocenters. The predicted octanol–water partition coefficient (Wildman–Crippen LogP) is 3.40. The number of benzene rings is 2. The molecule has 0 saturated carbocycles. The quantitative estimate of drug-likeness (QED) is 0.238. The third kappa shape index (κ3) is 5.55. The second-order valence-electron chi connectivity index (χ2n) is 10.4. The van der Waals surface area contributed by atoms with Crippen molar-refractivity contribution in [2.45, 2.75) is 45.3 Å². The highest BCUT2D eigenvalue weighted by molar-refractivity contribution is 5.98. The van der Waals surface area contributed by atoms with E-state index in [2.05, 4.69) is 21.4 Å². The second kappa shape index (κ2) is 11.3. The molecule has 4 aromatic rings. The van der Waals surface area contributed by atoms with Crippen LogP contribution in [0.15, 0.2) is 77.4 Å². The van der Waals surface area contributed by atoms with Gasteiger partial charge in [0.2, 0.25) is 0 Å². The van der Waals surface area contributed by atoms with Crippen LogP contribution in [0.4, 0.5) is 5.82 Å². The largest absolute Gasteiger partial charge is 0.457 e. The molecule has 1 saturated heterocycles. The summed E-state index contributed by atoms with van der Waals surface area (Å²) in [4.78, 5) is 37.2. The van der Waals surface area contributed by atoms with Gasteiger partial charge in [0.15, 0.2) is 11.5 Å². The van der Waals surface area contributed by atoms with Gasteiger partial charge in [0, 0.05) is 18.6 Å². The van der Waals surface area contributed by atoms with Gasteiger partial charge in [-0.25, -0.2) is 14.8 Å². The summed E-state index contributed by atoms with van der Waals surface area (Å²) >= 11 is 0. The summed E-state index contributed by atoms with van der Waals surface area (Å²) in [7, 11) is 0. The molecule has 1 amide bonds. The maximum Gasteiger partial charge on any atom is 0.335 e. The zero-order chi connectivity index (χ0) is 29.1. The Labute approximate surface area is 237 Å². The average molecular weight is 553 g/mol. The van der Waals surface area contributed by atoms with E-state index in [-0.39, 0.29) is 35.6 Å². The Hall–Kier alpha value is -4.95. The van der Waals surface area contributed by atoms with Crippen LogP contribution in [0.1, 0.15) is 27.2 Å². The van der Waals surface area contributed by atoms with Crippen molar-refractivity contribution in [2.24, 2.45) is 0 Å². The van der Waals surface area contributed by atoms with Gasteiger partial charge in [-0.1, -0.05) is 25.1 Å². The van der Waals surface area contributed by atoms with Crippen molar-refractivity contribution in [2.75, 3.05) is 18.8 Å². The molecule has 3 N–H and O–H groups in total. The molecule has 1 unspecified atom stereocenters. The number of aromatic nitrogens is 4. The molecule has 2 aromatic heterocycles. The monoisotopic (exact) mass is 552 g/mol. The number of hydrogen-bond acceptors (Lipinski definition) is 8. The summed E-state index contributed by atoms with van der Waals surface area (Å²) in [5, 5.41) is 13.0. The van der Waals surface area contributed by atoms with Gasteiger partial charge >= 0.3 is 5.69 Å². The van der Waals surface area contributed by atoms with Gasteiger partial charge in [-0.2, -0.15) is 5.26 Å². The average Bonchev–Trinajstić information content (AvgIpc) is 3.22. The molecule has 210 valence electrons. The number of likely N-dealkylation sites (N-methyl/N-ethyl adjacent to an activating group) is 1. The molecule has 0 spiro atoms. The Morgan fingerprint density at radius 2 is 1.88 bits per heavy atom. The minimum Gasteiger partial charge on any atom is -0.457 e. The number of imidazole rings is 1. The number of nitrogens with zero attached hydrogens (tertiary/aromatic N) is 6. The smallest absolute Gasteiger partial charge is 0.335 e. The molecule has 0 aliphatic carbocycles. The van der Waals surface area contributed by atoms with Gasteiger partial charge in [0.25, 0.3) is 5.91 Å². The summed E-state index contributed by atoms with van der Waals surface area (Å²) in [6.07, 6.45) is 3.66. The van der Waals surface area contributed by atoms with Gasteiger partial charge in [-0.3, -0.25) is 13.9 Å². The van der Waals surface area contributed by atoms with Crippen molar-refractivity contribution in [3.05, 3.63) is 83.1 Å². The Kier molecular flexibility index (Phi) is 7.59. The fourth-order valence-corrected chi connectivity index (χ4v) is 5.07. The van der Waals surface area contributed by atoms with Crippen molar-refractivity contribution in [3.8, 4) is 23.3 Å². The van der Waals surface area contributed by atoms with Crippen LogP contribution >= 0.6 is 0 Å². The maximum atomic E-state index is 13.8. The number of ether oxygens (including phenoxy) is 1. The first-order valence-corrected chi connectivity index (χ1v) is 13.5. The van der Waals surface area contributed by atoms with Gasteiger partial charge in [0.05, 0.1) is 11.7 Å². The normalized spacial score (nSPS) is 15.4. The molecule has 3 heterocycles. The molecule has 1 aliphatic rings. The zero-order valence-electron chi connectivity index (χ0n) is 23.2. The molecule has 5 rings (SSSR count). The van der Waals surface area contributed by atoms with E-state index in [0.717, 1.165) is 0 Å². The number of carbonyl (C=O) groups excluding carboxylic acids is 1. The summed E-state index contributed by atoms with van der Waals surface area (Å²) < 4.78 is 8.88. The van der Waals surface area contributed by atoms with Crippen molar-refractivity contribution >= 4 is 22.9 Å². The first-order chi connectivity index (χ1) is 19.7. The second-order valence-corrected chi connectivity index (χ2v) is 10.4. The number of likely N-dealkylation sites (tertiary alicyclic amines) is 1. The number of nitriles is 1. The molecule has 11 nitrogen and oxygen atoms in total. The number of para-hydroxylation sites is 1. The van der Waals surface area contributed by atoms with Gasteiger partial charge < -0.3 is 20.7 Å². The highest BCUT2D eigenvalue weighted by Crippen LogP contribution is 2.27. The lowest BCUT2D eigenvalue weighted by Crippen LogP contribution is -2.54. The highest BCUT2D eigenvalue weighted by atomic mass is 16.5. The SMILES string of the molecule is CCNC(C)(C)C=C(C#N)C(=O)N1CCC1Cn1c(=O)n(-c2ccc(Oc3ccccc3)cc2)c2c(N)ncnc21. The Morgan fingerprint density at radius 1 is 1.17 bits per heavy atom. The number of hydrogen-bond donors (Lipinski definition) is 2. The van der Waals surface area contributed by atoms with E-state index in [9.17, 15) is 14.9 Å². The van der Waals surface area contributed by atoms with Gasteiger partial charge in [-0.15, -0.1) is 0 Å². The fourth-order valence-electron chi connectivity index (χ4n) is 5.07. The third-order valence-corrected chi connectivity index (χ3v) is 7.09. The van der Waals surface area contributed by atoms with Crippen LogP contribution in [0.5, 0.6) is 11.5 Å². The third-order valence-electron chi connectivity index (χ3n) is 7.09. The lowest BCUT2D eigenvalue weighted by atomic mass is 9.97. The number of anilines is 1. The van der Waals surface area contributed by atoms with Crippen molar-refractivity contribution in [1.82, 2.24) is 29.3 Å². The van der Waals surface area contributed by atoms with Crippen LogP contribution < -0.4 is 21.5 Å². The van der Waals surface area contributed by atoms with E-state index in [1.807, 2.05) is 51.1 Å². The molecule has 2 aromatic carbocycles. The number of carbonyl (C=O) groups is 1. The zero-order valence-corrected chi connectivity index (χ0v) is 23.2. The number of nitrogen functional groups attached to an aromatic ring is 1. The molecule has 11 heteroatoms. The minimum atomic E-state index is -0.518. The fraction of sp³-hybridized carbons (Fsp3) is 0.300. The van der Waals surface area contributed by atoms with Crippen molar-refractivity contribution < 1.29 is 9.53 Å². The number of rotatable bonds is 9. The number of amides is 1. The van der Waals surface area contributed by atoms with E-state index in [1.165, 1.54) is 15.5 Å². The Balaban J connectivity index is 1.44. The van der Waals surface area contributed by atoms with Crippen LogP contribution in [-0.4, -0.2) is 54.6 Å². The first kappa shape index (κ1) is 27.6. The minimum absolute atomic E-state index is 0.0693. The summed E-state index contributed by atoms with van der Waals surface area (Å²) in [6, 6.07) is 18.3. The molecule has 1 aliphatic heterocycles. The topological polar surface area (TPSA) is 144 Å². The Bertz CT molecular complexity index is 1700. The molecule has 0 radical (unpaired) electrons. The van der Waals surface area contributed by atoms with Crippen LogP contribution in [0.2, 0.25) is 0 Å². The summed E-state index contributed by atoms with van der Waals surface area (Å²) in [5.41, 5.74) is 6.77. The van der Waals surface area contributed by atoms with E-state index in [4.69, 9.17) is 10.5 Å². The molecule has 0 bridgehead atoms. The van der Waals surface area contributed by atoms with E-state index >= 15 is 0 Å². The number of nitrogens with one attached hydrogen (secondary N) is 1. The maximum absolute atomic E-state index is 13.8. The first-order valence-electron chi connectivity index (χ1n) is 13.5. The van der Waals surface area contributed by atoms with Crippen molar-refractivity contribution in [1.29, 1.82) is 5.26 Å². The standard InChI is InChI=1S/C30H32N8O3/c1-4-35-30(2,3)16-20(17-31)28(39)36-15-14-22(36)18-37-27-25(26(32)33-19-34-27)38(29(37)40)21-10-12-24(13-11-21)41-23-8-6-5-7-9-23/h5-13,16,19,22,35H,4,14-15,18H2,1-3H3,(H2,32,33,34).